The maximum atomic E-state index is 3.31. The van der Waals surface area contributed by atoms with E-state index in [1.54, 1.807) is 0 Å². The molecular weight excluding hydrogens is 172 g/mol. The lowest BCUT2D eigenvalue weighted by molar-refractivity contribution is 0.0365. The highest BCUT2D eigenvalue weighted by molar-refractivity contribution is 4.91. The summed E-state index contributed by atoms with van der Waals surface area (Å²) in [7, 11) is 2.06. The van der Waals surface area contributed by atoms with E-state index in [0.29, 0.717) is 0 Å². The molecule has 1 aliphatic rings. The Morgan fingerprint density at radius 2 is 2.07 bits per heavy atom. The standard InChI is InChI=1S/C12H26N2/c1-5-10(3)14(6-2)12-8-7-11(12)9-13-4/h10-13H,5-9H2,1-4H3. The predicted molar refractivity (Wildman–Crippen MR) is 62.6 cm³/mol. The van der Waals surface area contributed by atoms with Gasteiger partial charge in [0.2, 0.25) is 0 Å². The van der Waals surface area contributed by atoms with Crippen LogP contribution in [0, 0.1) is 5.92 Å². The first-order valence-corrected chi connectivity index (χ1v) is 6.14. The van der Waals surface area contributed by atoms with Gasteiger partial charge in [0.1, 0.15) is 0 Å². The number of hydrogen-bond donors (Lipinski definition) is 1. The Balaban J connectivity index is 2.44. The number of rotatable bonds is 6. The first-order valence-electron chi connectivity index (χ1n) is 6.14. The molecule has 0 aromatic carbocycles. The zero-order chi connectivity index (χ0) is 10.6. The van der Waals surface area contributed by atoms with Crippen LogP contribution in [0.3, 0.4) is 0 Å². The van der Waals surface area contributed by atoms with Gasteiger partial charge in [-0.2, -0.15) is 0 Å². The van der Waals surface area contributed by atoms with Crippen LogP contribution < -0.4 is 5.32 Å². The molecule has 0 heterocycles. The van der Waals surface area contributed by atoms with Crippen molar-refractivity contribution in [2.75, 3.05) is 20.1 Å². The number of nitrogens with one attached hydrogen (secondary N) is 1. The Morgan fingerprint density at radius 1 is 1.36 bits per heavy atom. The molecule has 1 aliphatic carbocycles. The molecule has 0 aromatic rings. The first-order chi connectivity index (χ1) is 6.74. The molecule has 1 rings (SSSR count). The highest BCUT2D eigenvalue weighted by atomic mass is 15.2. The van der Waals surface area contributed by atoms with Gasteiger partial charge in [0.15, 0.2) is 0 Å². The molecule has 3 atom stereocenters. The van der Waals surface area contributed by atoms with Crippen molar-refractivity contribution in [3.63, 3.8) is 0 Å². The molecule has 2 heteroatoms. The van der Waals surface area contributed by atoms with E-state index in [9.17, 15) is 0 Å². The van der Waals surface area contributed by atoms with E-state index in [1.807, 2.05) is 0 Å². The zero-order valence-electron chi connectivity index (χ0n) is 10.2. The summed E-state index contributed by atoms with van der Waals surface area (Å²) in [6.45, 7) is 9.34. The molecule has 1 N–H and O–H groups in total. The summed E-state index contributed by atoms with van der Waals surface area (Å²) in [5.41, 5.74) is 0. The second-order valence-electron chi connectivity index (χ2n) is 4.55. The van der Waals surface area contributed by atoms with Crippen LogP contribution in [0.2, 0.25) is 0 Å². The summed E-state index contributed by atoms with van der Waals surface area (Å²) in [5.74, 6) is 0.897. The Hall–Kier alpha value is -0.0800. The van der Waals surface area contributed by atoms with Crippen molar-refractivity contribution in [1.82, 2.24) is 10.2 Å². The van der Waals surface area contributed by atoms with E-state index in [0.717, 1.165) is 18.0 Å². The van der Waals surface area contributed by atoms with Gasteiger partial charge in [-0.15, -0.1) is 0 Å². The molecule has 14 heavy (non-hydrogen) atoms. The highest BCUT2D eigenvalue weighted by Gasteiger charge is 2.35. The van der Waals surface area contributed by atoms with Gasteiger partial charge in [-0.25, -0.2) is 0 Å². The van der Waals surface area contributed by atoms with Crippen molar-refractivity contribution in [1.29, 1.82) is 0 Å². The molecule has 0 aromatic heterocycles. The van der Waals surface area contributed by atoms with Gasteiger partial charge in [0.25, 0.3) is 0 Å². The molecule has 1 fully saturated rings. The smallest absolute Gasteiger partial charge is 0.0138 e. The molecule has 0 spiro atoms. The third kappa shape index (κ3) is 2.48. The van der Waals surface area contributed by atoms with Crippen LogP contribution in [0.5, 0.6) is 0 Å². The van der Waals surface area contributed by atoms with Gasteiger partial charge >= 0.3 is 0 Å². The van der Waals surface area contributed by atoms with E-state index in [1.165, 1.54) is 32.4 Å². The third-order valence-electron chi connectivity index (χ3n) is 3.79. The minimum Gasteiger partial charge on any atom is -0.319 e. The third-order valence-corrected chi connectivity index (χ3v) is 3.79. The lowest BCUT2D eigenvalue weighted by atomic mass is 9.77. The van der Waals surface area contributed by atoms with Crippen molar-refractivity contribution in [3.05, 3.63) is 0 Å². The van der Waals surface area contributed by atoms with Crippen molar-refractivity contribution in [2.24, 2.45) is 5.92 Å². The van der Waals surface area contributed by atoms with Gasteiger partial charge in [-0.05, 0) is 52.2 Å². The summed E-state index contributed by atoms with van der Waals surface area (Å²) in [5, 5.41) is 3.31. The van der Waals surface area contributed by atoms with Gasteiger partial charge < -0.3 is 5.32 Å². The summed E-state index contributed by atoms with van der Waals surface area (Å²) in [6, 6.07) is 1.60. The molecule has 2 nitrogen and oxygen atoms in total. The fourth-order valence-corrected chi connectivity index (χ4v) is 2.60. The van der Waals surface area contributed by atoms with Crippen molar-refractivity contribution < 1.29 is 0 Å². The van der Waals surface area contributed by atoms with Gasteiger partial charge in [0, 0.05) is 12.1 Å². The van der Waals surface area contributed by atoms with E-state index in [-0.39, 0.29) is 0 Å². The van der Waals surface area contributed by atoms with E-state index in [4.69, 9.17) is 0 Å². The fraction of sp³-hybridized carbons (Fsp3) is 1.00. The minimum atomic E-state index is 0.754. The zero-order valence-corrected chi connectivity index (χ0v) is 10.2. The van der Waals surface area contributed by atoms with Crippen LogP contribution in [0.4, 0.5) is 0 Å². The largest absolute Gasteiger partial charge is 0.319 e. The van der Waals surface area contributed by atoms with Crippen LogP contribution >= 0.6 is 0 Å². The van der Waals surface area contributed by atoms with E-state index in [2.05, 4.69) is 38.0 Å². The predicted octanol–water partition coefficient (Wildman–Crippen LogP) is 2.10. The van der Waals surface area contributed by atoms with Crippen LogP contribution in [0.1, 0.15) is 40.0 Å². The Morgan fingerprint density at radius 3 is 2.43 bits per heavy atom. The topological polar surface area (TPSA) is 15.3 Å². The Labute approximate surface area is 89.1 Å². The summed E-state index contributed by atoms with van der Waals surface area (Å²) in [4.78, 5) is 2.69. The highest BCUT2D eigenvalue weighted by Crippen LogP contribution is 2.33. The minimum absolute atomic E-state index is 0.754. The van der Waals surface area contributed by atoms with Gasteiger partial charge in [-0.3, -0.25) is 4.90 Å². The molecule has 0 saturated heterocycles. The maximum Gasteiger partial charge on any atom is 0.0138 e. The van der Waals surface area contributed by atoms with Crippen LogP contribution in [0.15, 0.2) is 0 Å². The molecule has 3 unspecified atom stereocenters. The molecule has 0 amide bonds. The van der Waals surface area contributed by atoms with Gasteiger partial charge in [-0.1, -0.05) is 13.8 Å². The normalized spacial score (nSPS) is 28.9. The first kappa shape index (κ1) is 12.0. The molecule has 1 saturated carbocycles. The van der Waals surface area contributed by atoms with Crippen molar-refractivity contribution in [2.45, 2.75) is 52.1 Å². The van der Waals surface area contributed by atoms with Crippen LogP contribution in [-0.4, -0.2) is 37.1 Å². The number of hydrogen-bond acceptors (Lipinski definition) is 2. The molecule has 0 radical (unpaired) electrons. The average Bonchev–Trinajstić information content (AvgIpc) is 2.19. The summed E-state index contributed by atoms with van der Waals surface area (Å²) >= 11 is 0. The Kier molecular flexibility index (Phi) is 4.90. The fourth-order valence-electron chi connectivity index (χ4n) is 2.60. The summed E-state index contributed by atoms with van der Waals surface area (Å²) < 4.78 is 0. The quantitative estimate of drug-likeness (QED) is 0.703. The SMILES string of the molecule is CCC(C)N(CC)C1CCC1CNC. The lowest BCUT2D eigenvalue weighted by Crippen LogP contribution is -2.53. The molecular formula is C12H26N2. The van der Waals surface area contributed by atoms with Gasteiger partial charge in [0.05, 0.1) is 0 Å². The van der Waals surface area contributed by atoms with Crippen molar-refractivity contribution >= 4 is 0 Å². The monoisotopic (exact) mass is 198 g/mol. The van der Waals surface area contributed by atoms with Crippen LogP contribution in [-0.2, 0) is 0 Å². The number of nitrogens with zero attached hydrogens (tertiary/aromatic N) is 1. The second kappa shape index (κ2) is 5.72. The Bertz CT molecular complexity index is 158. The average molecular weight is 198 g/mol. The maximum absolute atomic E-state index is 3.31. The summed E-state index contributed by atoms with van der Waals surface area (Å²) in [6.07, 6.45) is 4.10. The van der Waals surface area contributed by atoms with E-state index >= 15 is 0 Å². The van der Waals surface area contributed by atoms with E-state index < -0.39 is 0 Å². The van der Waals surface area contributed by atoms with Crippen LogP contribution in [0.25, 0.3) is 0 Å². The molecule has 0 aliphatic heterocycles. The molecule has 0 bridgehead atoms. The second-order valence-corrected chi connectivity index (χ2v) is 4.55. The van der Waals surface area contributed by atoms with Crippen molar-refractivity contribution in [3.8, 4) is 0 Å². The molecule has 84 valence electrons. The lowest BCUT2D eigenvalue weighted by Gasteiger charge is -2.46.